The topological polar surface area (TPSA) is 83.8 Å². The molecule has 0 aromatic rings. The highest BCUT2D eigenvalue weighted by Gasteiger charge is 2.27. The number of methoxy groups -OCH3 is 1. The van der Waals surface area contributed by atoms with Gasteiger partial charge in [-0.2, -0.15) is 0 Å². The minimum Gasteiger partial charge on any atom is -0.481 e. The summed E-state index contributed by atoms with van der Waals surface area (Å²) < 4.78 is 4.28. The smallest absolute Gasteiger partial charge is 0.308 e. The van der Waals surface area contributed by atoms with Crippen LogP contribution in [0, 0.1) is 0 Å². The van der Waals surface area contributed by atoms with E-state index in [9.17, 15) is 14.7 Å². The van der Waals surface area contributed by atoms with E-state index in [-0.39, 0.29) is 6.42 Å². The van der Waals surface area contributed by atoms with Crippen LogP contribution < -0.4 is 0 Å². The molecular formula is C7H12O5. The van der Waals surface area contributed by atoms with Crippen molar-refractivity contribution in [1.29, 1.82) is 0 Å². The maximum absolute atomic E-state index is 10.6. The Morgan fingerprint density at radius 1 is 1.42 bits per heavy atom. The fourth-order valence-electron chi connectivity index (χ4n) is 0.771. The zero-order valence-corrected chi connectivity index (χ0v) is 7.03. The Morgan fingerprint density at radius 2 is 1.92 bits per heavy atom. The van der Waals surface area contributed by atoms with Crippen LogP contribution in [0.5, 0.6) is 0 Å². The van der Waals surface area contributed by atoms with Crippen molar-refractivity contribution >= 4 is 11.9 Å². The van der Waals surface area contributed by atoms with Gasteiger partial charge in [-0.05, 0) is 6.92 Å². The van der Waals surface area contributed by atoms with Gasteiger partial charge in [0.15, 0.2) is 0 Å². The van der Waals surface area contributed by atoms with E-state index in [4.69, 9.17) is 5.11 Å². The third-order valence-corrected chi connectivity index (χ3v) is 1.28. The normalized spacial score (nSPS) is 14.9. The molecule has 0 amide bonds. The van der Waals surface area contributed by atoms with Crippen LogP contribution >= 0.6 is 0 Å². The third-order valence-electron chi connectivity index (χ3n) is 1.28. The van der Waals surface area contributed by atoms with Crippen LogP contribution in [0.2, 0.25) is 0 Å². The lowest BCUT2D eigenvalue weighted by atomic mass is 9.98. The quantitative estimate of drug-likeness (QED) is 0.578. The highest BCUT2D eigenvalue weighted by Crippen LogP contribution is 2.14. The first-order chi connectivity index (χ1) is 5.37. The molecule has 0 unspecified atom stereocenters. The molecule has 0 radical (unpaired) electrons. The number of aliphatic carboxylic acids is 1. The van der Waals surface area contributed by atoms with Crippen LogP contribution in [0.3, 0.4) is 0 Å². The van der Waals surface area contributed by atoms with Crippen LogP contribution in [-0.4, -0.2) is 34.9 Å². The van der Waals surface area contributed by atoms with E-state index in [1.165, 1.54) is 14.0 Å². The van der Waals surface area contributed by atoms with Crippen molar-refractivity contribution in [2.24, 2.45) is 0 Å². The van der Waals surface area contributed by atoms with Crippen molar-refractivity contribution in [3.63, 3.8) is 0 Å². The molecule has 2 N–H and O–H groups in total. The molecule has 5 nitrogen and oxygen atoms in total. The zero-order valence-electron chi connectivity index (χ0n) is 7.03. The third kappa shape index (κ3) is 4.68. The summed E-state index contributed by atoms with van der Waals surface area (Å²) in [5.74, 6) is -1.77. The molecule has 0 aromatic carbocycles. The number of hydrogen-bond donors (Lipinski definition) is 2. The minimum absolute atomic E-state index is 0.310. The van der Waals surface area contributed by atoms with Crippen molar-refractivity contribution in [2.45, 2.75) is 25.4 Å². The fourth-order valence-corrected chi connectivity index (χ4v) is 0.771. The van der Waals surface area contributed by atoms with Crippen LogP contribution in [0.4, 0.5) is 0 Å². The van der Waals surface area contributed by atoms with Gasteiger partial charge >= 0.3 is 11.9 Å². The Hall–Kier alpha value is -1.10. The summed E-state index contributed by atoms with van der Waals surface area (Å²) in [7, 11) is 1.18. The number of ether oxygens (including phenoxy) is 1. The fraction of sp³-hybridized carbons (Fsp3) is 0.714. The van der Waals surface area contributed by atoms with Crippen molar-refractivity contribution in [2.75, 3.05) is 7.11 Å². The van der Waals surface area contributed by atoms with E-state index >= 15 is 0 Å². The number of aliphatic hydroxyl groups is 1. The van der Waals surface area contributed by atoms with Gasteiger partial charge in [0, 0.05) is 0 Å². The Kier molecular flexibility index (Phi) is 3.69. The predicted octanol–water partition coefficient (Wildman–Crippen LogP) is -0.225. The van der Waals surface area contributed by atoms with Crippen LogP contribution in [-0.2, 0) is 14.3 Å². The molecule has 0 spiro atoms. The molecule has 0 aliphatic rings. The number of esters is 1. The lowest BCUT2D eigenvalue weighted by Crippen LogP contribution is -2.31. The van der Waals surface area contributed by atoms with Gasteiger partial charge in [-0.1, -0.05) is 0 Å². The molecule has 12 heavy (non-hydrogen) atoms. The molecule has 1 atom stereocenters. The Morgan fingerprint density at radius 3 is 2.25 bits per heavy atom. The van der Waals surface area contributed by atoms with Gasteiger partial charge < -0.3 is 14.9 Å². The number of rotatable bonds is 4. The van der Waals surface area contributed by atoms with Gasteiger partial charge in [0.25, 0.3) is 0 Å². The van der Waals surface area contributed by atoms with Crippen molar-refractivity contribution in [3.05, 3.63) is 0 Å². The van der Waals surface area contributed by atoms with Crippen LogP contribution in [0.1, 0.15) is 19.8 Å². The molecule has 0 saturated carbocycles. The Balaban J connectivity index is 4.03. The molecule has 0 rings (SSSR count). The molecule has 0 aliphatic carbocycles. The number of carboxylic acid groups (broad SMARTS) is 1. The first kappa shape index (κ1) is 10.9. The van der Waals surface area contributed by atoms with E-state index in [2.05, 4.69) is 4.74 Å². The molecule has 0 saturated heterocycles. The number of carbonyl (C=O) groups is 2. The van der Waals surface area contributed by atoms with Gasteiger partial charge in [-0.15, -0.1) is 0 Å². The molecule has 5 heteroatoms. The number of carboxylic acids is 1. The summed E-state index contributed by atoms with van der Waals surface area (Å²) in [6, 6.07) is 0. The first-order valence-electron chi connectivity index (χ1n) is 3.38. The van der Waals surface area contributed by atoms with Crippen molar-refractivity contribution < 1.29 is 24.5 Å². The predicted molar refractivity (Wildman–Crippen MR) is 39.5 cm³/mol. The SMILES string of the molecule is COC(=O)C[C@](C)(O)CC(=O)O. The maximum Gasteiger partial charge on any atom is 0.308 e. The van der Waals surface area contributed by atoms with Gasteiger partial charge in [-0.3, -0.25) is 9.59 Å². The van der Waals surface area contributed by atoms with Gasteiger partial charge in [0.2, 0.25) is 0 Å². The Bertz CT molecular complexity index is 184. The van der Waals surface area contributed by atoms with Gasteiger partial charge in [0.05, 0.1) is 25.6 Å². The minimum atomic E-state index is -1.53. The molecule has 70 valence electrons. The van der Waals surface area contributed by atoms with Gasteiger partial charge in [0.1, 0.15) is 0 Å². The maximum atomic E-state index is 10.6. The second-order valence-electron chi connectivity index (χ2n) is 2.82. The molecule has 0 aromatic heterocycles. The zero-order chi connectivity index (χ0) is 9.78. The average Bonchev–Trinajstić information content (AvgIpc) is 1.83. The molecule has 0 bridgehead atoms. The highest BCUT2D eigenvalue weighted by atomic mass is 16.5. The van der Waals surface area contributed by atoms with Gasteiger partial charge in [-0.25, -0.2) is 0 Å². The van der Waals surface area contributed by atoms with E-state index in [0.717, 1.165) is 0 Å². The molecule has 0 fully saturated rings. The number of carbonyl (C=O) groups excluding carboxylic acids is 1. The van der Waals surface area contributed by atoms with E-state index in [1.807, 2.05) is 0 Å². The van der Waals surface area contributed by atoms with E-state index in [0.29, 0.717) is 0 Å². The summed E-state index contributed by atoms with van der Waals surface area (Å²) in [6.45, 7) is 1.28. The summed E-state index contributed by atoms with van der Waals surface area (Å²) in [4.78, 5) is 20.8. The average molecular weight is 176 g/mol. The van der Waals surface area contributed by atoms with E-state index < -0.39 is 24.0 Å². The Labute approximate surface area is 70.0 Å². The largest absolute Gasteiger partial charge is 0.481 e. The standard InChI is InChI=1S/C7H12O5/c1-7(11,3-5(8)9)4-6(10)12-2/h11H,3-4H2,1-2H3,(H,8,9)/t7-/m1/s1. The highest BCUT2D eigenvalue weighted by molar-refractivity contribution is 5.73. The first-order valence-corrected chi connectivity index (χ1v) is 3.38. The van der Waals surface area contributed by atoms with Crippen LogP contribution in [0.25, 0.3) is 0 Å². The van der Waals surface area contributed by atoms with E-state index in [1.54, 1.807) is 0 Å². The molecule has 0 aliphatic heterocycles. The van der Waals surface area contributed by atoms with Crippen LogP contribution in [0.15, 0.2) is 0 Å². The number of hydrogen-bond acceptors (Lipinski definition) is 4. The summed E-state index contributed by atoms with van der Waals surface area (Å²) in [5, 5.41) is 17.6. The summed E-state index contributed by atoms with van der Waals surface area (Å²) >= 11 is 0. The summed E-state index contributed by atoms with van der Waals surface area (Å²) in [5.41, 5.74) is -1.53. The van der Waals surface area contributed by atoms with Crippen molar-refractivity contribution in [3.8, 4) is 0 Å². The molecule has 0 heterocycles. The lowest BCUT2D eigenvalue weighted by molar-refractivity contribution is -0.149. The second kappa shape index (κ2) is 4.06. The lowest BCUT2D eigenvalue weighted by Gasteiger charge is -2.18. The summed E-state index contributed by atoms with van der Waals surface area (Å²) in [6.07, 6.45) is -0.780. The monoisotopic (exact) mass is 176 g/mol. The second-order valence-corrected chi connectivity index (χ2v) is 2.82. The molecular weight excluding hydrogens is 164 g/mol. The van der Waals surface area contributed by atoms with Crippen molar-refractivity contribution in [1.82, 2.24) is 0 Å².